The first-order valence-electron chi connectivity index (χ1n) is 11.5. The summed E-state index contributed by atoms with van der Waals surface area (Å²) in [6.07, 6.45) is 7.97. The van der Waals surface area contributed by atoms with Gasteiger partial charge in [-0.3, -0.25) is 18.7 Å². The van der Waals surface area contributed by atoms with E-state index in [1.807, 2.05) is 33.8 Å². The van der Waals surface area contributed by atoms with Crippen molar-refractivity contribution in [3.63, 3.8) is 0 Å². The van der Waals surface area contributed by atoms with Gasteiger partial charge in [0.05, 0.1) is 22.9 Å². The van der Waals surface area contributed by atoms with E-state index in [1.54, 1.807) is 66.8 Å². The number of fused-ring (bicyclic) bond motifs is 1. The van der Waals surface area contributed by atoms with Crippen molar-refractivity contribution in [3.05, 3.63) is 71.9 Å². The molecule has 36 heavy (non-hydrogen) atoms. The minimum absolute atomic E-state index is 0.0389. The van der Waals surface area contributed by atoms with Gasteiger partial charge in [0.15, 0.2) is 0 Å². The zero-order valence-corrected chi connectivity index (χ0v) is 22.1. The van der Waals surface area contributed by atoms with Gasteiger partial charge in [0, 0.05) is 45.3 Å². The van der Waals surface area contributed by atoms with Gasteiger partial charge < -0.3 is 10.1 Å². The summed E-state index contributed by atoms with van der Waals surface area (Å²) in [6.45, 7) is 9.76. The summed E-state index contributed by atoms with van der Waals surface area (Å²) in [5.41, 5.74) is 2.57. The Balaban J connectivity index is 0.000000253. The number of carbonyl (C=O) groups excluding carboxylic acids is 1. The molecule has 1 atom stereocenters. The summed E-state index contributed by atoms with van der Waals surface area (Å²) >= 11 is 0. The zero-order valence-electron chi connectivity index (χ0n) is 21.3. The number of pyridine rings is 1. The summed E-state index contributed by atoms with van der Waals surface area (Å²) in [5, 5.41) is 7.39. The minimum atomic E-state index is -1.10. The summed E-state index contributed by atoms with van der Waals surface area (Å²) in [7, 11) is -1.10. The number of hydrogen-bond donors (Lipinski definition) is 1. The van der Waals surface area contributed by atoms with Gasteiger partial charge >= 0.3 is 0 Å². The van der Waals surface area contributed by atoms with E-state index in [1.165, 1.54) is 0 Å². The average molecular weight is 511 g/mol. The molecule has 0 fully saturated rings. The van der Waals surface area contributed by atoms with Crippen molar-refractivity contribution >= 4 is 33.8 Å². The molecule has 9 heteroatoms. The van der Waals surface area contributed by atoms with Crippen LogP contribution in [0.3, 0.4) is 0 Å². The zero-order chi connectivity index (χ0) is 26.5. The molecular weight excluding hydrogens is 479 g/mol. The fourth-order valence-electron chi connectivity index (χ4n) is 3.43. The highest BCUT2D eigenvalue weighted by molar-refractivity contribution is 7.84. The molecule has 1 unspecified atom stereocenters. The predicted molar refractivity (Wildman–Crippen MR) is 142 cm³/mol. The molecule has 4 aromatic rings. The SMILES string of the molecule is CC(C)(C)n1cc(NC=O)cn1.CCc1ccc(Oc2ccnc3ccc(S(C)=O)cc23)c(C)c1F. The van der Waals surface area contributed by atoms with E-state index in [2.05, 4.69) is 15.4 Å². The Hall–Kier alpha value is -3.59. The molecule has 0 radical (unpaired) electrons. The molecule has 2 aromatic carbocycles. The number of amides is 1. The third-order valence-corrected chi connectivity index (χ3v) is 6.44. The van der Waals surface area contributed by atoms with Gasteiger partial charge in [0.2, 0.25) is 6.41 Å². The fourth-order valence-corrected chi connectivity index (χ4v) is 3.97. The van der Waals surface area contributed by atoms with Gasteiger partial charge in [-0.1, -0.05) is 13.0 Å². The highest BCUT2D eigenvalue weighted by Crippen LogP contribution is 2.33. The number of ether oxygens (including phenoxy) is 1. The van der Waals surface area contributed by atoms with Gasteiger partial charge in [-0.05, 0) is 70.0 Å². The Bertz CT molecular complexity index is 1400. The summed E-state index contributed by atoms with van der Waals surface area (Å²) in [5.74, 6) is 0.808. The van der Waals surface area contributed by atoms with Crippen LogP contribution in [0.1, 0.15) is 38.8 Å². The maximum absolute atomic E-state index is 14.3. The molecule has 1 N–H and O–H groups in total. The summed E-state index contributed by atoms with van der Waals surface area (Å²) in [6, 6.07) is 10.7. The first kappa shape index (κ1) is 27.0. The van der Waals surface area contributed by atoms with Crippen LogP contribution < -0.4 is 10.1 Å². The second kappa shape index (κ2) is 11.4. The lowest BCUT2D eigenvalue weighted by Crippen LogP contribution is -2.21. The van der Waals surface area contributed by atoms with E-state index in [4.69, 9.17) is 4.74 Å². The normalized spacial score (nSPS) is 12.0. The summed E-state index contributed by atoms with van der Waals surface area (Å²) < 4.78 is 33.8. The van der Waals surface area contributed by atoms with Gasteiger partial charge in [0.1, 0.15) is 17.3 Å². The third-order valence-electron chi connectivity index (χ3n) is 5.52. The van der Waals surface area contributed by atoms with Gasteiger partial charge in [-0.25, -0.2) is 4.39 Å². The molecule has 0 saturated heterocycles. The van der Waals surface area contributed by atoms with Crippen molar-refractivity contribution in [1.29, 1.82) is 0 Å². The molecule has 7 nitrogen and oxygen atoms in total. The number of aryl methyl sites for hydroxylation is 1. The number of rotatable bonds is 6. The Morgan fingerprint density at radius 1 is 1.17 bits per heavy atom. The number of carbonyl (C=O) groups is 1. The number of benzene rings is 2. The smallest absolute Gasteiger partial charge is 0.211 e. The van der Waals surface area contributed by atoms with Crippen molar-refractivity contribution in [3.8, 4) is 11.5 Å². The lowest BCUT2D eigenvalue weighted by molar-refractivity contribution is -0.105. The Morgan fingerprint density at radius 2 is 1.92 bits per heavy atom. The van der Waals surface area contributed by atoms with Crippen LogP contribution in [-0.4, -0.2) is 31.6 Å². The van der Waals surface area contributed by atoms with Gasteiger partial charge in [-0.2, -0.15) is 5.10 Å². The maximum Gasteiger partial charge on any atom is 0.211 e. The molecule has 4 rings (SSSR count). The van der Waals surface area contributed by atoms with Crippen molar-refractivity contribution in [1.82, 2.24) is 14.8 Å². The number of anilines is 1. The standard InChI is InChI=1S/C19H18FNO2S.C8H13N3O/c1-4-13-5-8-17(12(2)19(13)20)23-18-9-10-21-16-7-6-14(24(3)22)11-15(16)18;1-8(2,3)11-5-7(4-10-11)9-6-12/h5-11H,4H2,1-3H3;4-6H,1-3H3,(H,9,12). The second-order valence-electron chi connectivity index (χ2n) is 9.17. The van der Waals surface area contributed by atoms with Crippen molar-refractivity contribution in [2.24, 2.45) is 0 Å². The van der Waals surface area contributed by atoms with Gasteiger partial charge in [0.25, 0.3) is 0 Å². The molecule has 2 aromatic heterocycles. The molecule has 2 heterocycles. The van der Waals surface area contributed by atoms with Crippen molar-refractivity contribution < 1.29 is 18.1 Å². The number of nitrogens with one attached hydrogen (secondary N) is 1. The van der Waals surface area contributed by atoms with Crippen LogP contribution in [0, 0.1) is 12.7 Å². The van der Waals surface area contributed by atoms with E-state index in [9.17, 15) is 13.4 Å². The molecule has 0 aliphatic carbocycles. The largest absolute Gasteiger partial charge is 0.456 e. The first-order chi connectivity index (χ1) is 17.0. The van der Waals surface area contributed by atoms with Crippen LogP contribution in [0.25, 0.3) is 10.9 Å². The molecule has 0 aliphatic rings. The molecule has 1 amide bonds. The fraction of sp³-hybridized carbons (Fsp3) is 0.296. The molecule has 190 valence electrons. The lowest BCUT2D eigenvalue weighted by atomic mass is 10.1. The predicted octanol–water partition coefficient (Wildman–Crippen LogP) is 5.98. The average Bonchev–Trinajstić information content (AvgIpc) is 3.32. The molecule has 0 saturated carbocycles. The highest BCUT2D eigenvalue weighted by Gasteiger charge is 2.14. The van der Waals surface area contributed by atoms with E-state index < -0.39 is 10.8 Å². The lowest BCUT2D eigenvalue weighted by Gasteiger charge is -2.18. The quantitative estimate of drug-likeness (QED) is 0.323. The number of nitrogens with zero attached hydrogens (tertiary/aromatic N) is 3. The monoisotopic (exact) mass is 510 g/mol. The van der Waals surface area contributed by atoms with E-state index in [0.29, 0.717) is 40.4 Å². The molecule has 0 bridgehead atoms. The van der Waals surface area contributed by atoms with Crippen LogP contribution in [0.2, 0.25) is 0 Å². The first-order valence-corrected chi connectivity index (χ1v) is 13.0. The Kier molecular flexibility index (Phi) is 8.57. The second-order valence-corrected chi connectivity index (χ2v) is 10.5. The summed E-state index contributed by atoms with van der Waals surface area (Å²) in [4.78, 5) is 15.1. The Labute approximate surface area is 213 Å². The van der Waals surface area contributed by atoms with Crippen molar-refractivity contribution in [2.75, 3.05) is 11.6 Å². The van der Waals surface area contributed by atoms with Crippen molar-refractivity contribution in [2.45, 2.75) is 51.5 Å². The van der Waals surface area contributed by atoms with Crippen LogP contribution in [0.5, 0.6) is 11.5 Å². The highest BCUT2D eigenvalue weighted by atomic mass is 32.2. The topological polar surface area (TPSA) is 86.1 Å². The van der Waals surface area contributed by atoms with Crippen LogP contribution in [0.15, 0.2) is 59.9 Å². The number of hydrogen-bond acceptors (Lipinski definition) is 5. The number of halogens is 1. The van der Waals surface area contributed by atoms with Crippen LogP contribution in [-0.2, 0) is 27.6 Å². The van der Waals surface area contributed by atoms with Gasteiger partial charge in [-0.15, -0.1) is 0 Å². The van der Waals surface area contributed by atoms with E-state index in [-0.39, 0.29) is 11.4 Å². The molecular formula is C27H31FN4O3S. The van der Waals surface area contributed by atoms with E-state index in [0.717, 1.165) is 16.6 Å². The molecule has 0 spiro atoms. The van der Waals surface area contributed by atoms with E-state index >= 15 is 0 Å². The number of aromatic nitrogens is 3. The maximum atomic E-state index is 14.3. The minimum Gasteiger partial charge on any atom is -0.456 e. The molecule has 0 aliphatic heterocycles. The van der Waals surface area contributed by atoms with Crippen LogP contribution >= 0.6 is 0 Å². The van der Waals surface area contributed by atoms with Crippen LogP contribution in [0.4, 0.5) is 10.1 Å². The Morgan fingerprint density at radius 3 is 2.53 bits per heavy atom. The third kappa shape index (κ3) is 6.34.